The molecule has 1 aromatic carbocycles. The molecule has 1 atom stereocenters. The van der Waals surface area contributed by atoms with Crippen molar-refractivity contribution in [2.45, 2.75) is 32.4 Å². The minimum atomic E-state index is -1.16. The van der Waals surface area contributed by atoms with Gasteiger partial charge in [0.05, 0.1) is 7.11 Å². The lowest BCUT2D eigenvalue weighted by atomic mass is 9.89. The molecule has 4 heteroatoms. The van der Waals surface area contributed by atoms with Crippen LogP contribution in [0.25, 0.3) is 0 Å². The molecule has 0 aromatic heterocycles. The molecule has 1 aromatic rings. The van der Waals surface area contributed by atoms with Gasteiger partial charge < -0.3 is 10.1 Å². The maximum absolute atomic E-state index is 13.9. The summed E-state index contributed by atoms with van der Waals surface area (Å²) in [6.07, 6.45) is 1.73. The molecular formula is C15H21F2NO. The van der Waals surface area contributed by atoms with E-state index in [1.54, 1.807) is 6.07 Å². The summed E-state index contributed by atoms with van der Waals surface area (Å²) >= 11 is 0. The first kappa shape index (κ1) is 14.3. The number of piperidine rings is 1. The number of alkyl halides is 1. The van der Waals surface area contributed by atoms with Crippen LogP contribution in [0.5, 0.6) is 5.75 Å². The van der Waals surface area contributed by atoms with Crippen LogP contribution in [0.15, 0.2) is 12.1 Å². The number of rotatable bonds is 4. The van der Waals surface area contributed by atoms with E-state index in [9.17, 15) is 8.78 Å². The predicted molar refractivity (Wildman–Crippen MR) is 71.8 cm³/mol. The summed E-state index contributed by atoms with van der Waals surface area (Å²) in [5, 5.41) is 3.30. The Morgan fingerprint density at radius 2 is 2.05 bits per heavy atom. The molecule has 2 nitrogen and oxygen atoms in total. The third-order valence-electron chi connectivity index (χ3n) is 3.77. The van der Waals surface area contributed by atoms with Gasteiger partial charge in [-0.15, -0.1) is 0 Å². The van der Waals surface area contributed by atoms with Crippen molar-refractivity contribution in [3.8, 4) is 5.75 Å². The minimum Gasteiger partial charge on any atom is -0.493 e. The van der Waals surface area contributed by atoms with E-state index in [2.05, 4.69) is 5.32 Å². The van der Waals surface area contributed by atoms with E-state index in [4.69, 9.17) is 4.74 Å². The number of hydrogen-bond acceptors (Lipinski definition) is 2. The normalized spacial score (nSPS) is 18.3. The summed E-state index contributed by atoms with van der Waals surface area (Å²) in [7, 11) is 1.46. The fourth-order valence-electron chi connectivity index (χ4n) is 2.68. The van der Waals surface area contributed by atoms with Crippen molar-refractivity contribution < 1.29 is 13.5 Å². The molecule has 0 aliphatic carbocycles. The van der Waals surface area contributed by atoms with E-state index in [0.29, 0.717) is 11.5 Å². The SMILES string of the molecule is COc1c(F)cc(C(C)F)cc1CC1CCNCC1. The average molecular weight is 269 g/mol. The standard InChI is InChI=1S/C15H21F2NO/c1-10(16)12-8-13(15(19-2)14(17)9-12)7-11-3-5-18-6-4-11/h8-11,18H,3-7H2,1-2H3. The Morgan fingerprint density at radius 1 is 1.37 bits per heavy atom. The molecule has 0 saturated carbocycles. The Labute approximate surface area is 113 Å². The van der Waals surface area contributed by atoms with Crippen LogP contribution in [-0.2, 0) is 6.42 Å². The lowest BCUT2D eigenvalue weighted by molar-refractivity contribution is 0.346. The highest BCUT2D eigenvalue weighted by Gasteiger charge is 2.19. The molecule has 1 aliphatic heterocycles. The summed E-state index contributed by atoms with van der Waals surface area (Å²) in [5.74, 6) is 0.316. The molecule has 0 amide bonds. The molecule has 1 unspecified atom stereocenters. The van der Waals surface area contributed by atoms with Gasteiger partial charge in [0.15, 0.2) is 11.6 Å². The van der Waals surface area contributed by atoms with Gasteiger partial charge in [0.2, 0.25) is 0 Å². The number of halogens is 2. The van der Waals surface area contributed by atoms with E-state index in [1.807, 2.05) is 0 Å². The first-order valence-corrected chi connectivity index (χ1v) is 6.83. The third-order valence-corrected chi connectivity index (χ3v) is 3.77. The average Bonchev–Trinajstić information content (AvgIpc) is 2.39. The van der Waals surface area contributed by atoms with Crippen molar-refractivity contribution in [1.29, 1.82) is 0 Å². The molecule has 0 bridgehead atoms. The van der Waals surface area contributed by atoms with E-state index in [0.717, 1.165) is 37.9 Å². The van der Waals surface area contributed by atoms with Crippen molar-refractivity contribution in [2.75, 3.05) is 20.2 Å². The molecule has 0 radical (unpaired) electrons. The molecule has 1 heterocycles. The highest BCUT2D eigenvalue weighted by atomic mass is 19.1. The van der Waals surface area contributed by atoms with E-state index in [1.165, 1.54) is 20.1 Å². The number of benzene rings is 1. The van der Waals surface area contributed by atoms with Crippen LogP contribution in [0.1, 0.15) is 37.1 Å². The molecule has 0 spiro atoms. The molecule has 2 rings (SSSR count). The van der Waals surface area contributed by atoms with Gasteiger partial charge in [0.1, 0.15) is 6.17 Å². The van der Waals surface area contributed by atoms with Crippen LogP contribution in [0.4, 0.5) is 8.78 Å². The van der Waals surface area contributed by atoms with Crippen LogP contribution in [0.2, 0.25) is 0 Å². The Morgan fingerprint density at radius 3 is 2.63 bits per heavy atom. The molecule has 1 aliphatic rings. The van der Waals surface area contributed by atoms with Gasteiger partial charge >= 0.3 is 0 Å². The van der Waals surface area contributed by atoms with Gasteiger partial charge in [-0.3, -0.25) is 0 Å². The fraction of sp³-hybridized carbons (Fsp3) is 0.600. The van der Waals surface area contributed by atoms with Gasteiger partial charge in [-0.25, -0.2) is 8.78 Å². The first-order chi connectivity index (χ1) is 9.11. The first-order valence-electron chi connectivity index (χ1n) is 6.83. The fourth-order valence-corrected chi connectivity index (χ4v) is 2.68. The molecule has 1 saturated heterocycles. The molecule has 106 valence electrons. The Hall–Kier alpha value is -1.16. The maximum Gasteiger partial charge on any atom is 0.165 e. The van der Waals surface area contributed by atoms with Gasteiger partial charge in [-0.05, 0) is 68.5 Å². The van der Waals surface area contributed by atoms with Gasteiger partial charge in [-0.2, -0.15) is 0 Å². The monoisotopic (exact) mass is 269 g/mol. The number of ether oxygens (including phenoxy) is 1. The number of nitrogens with one attached hydrogen (secondary N) is 1. The van der Waals surface area contributed by atoms with Crippen LogP contribution in [0, 0.1) is 11.7 Å². The van der Waals surface area contributed by atoms with E-state index < -0.39 is 12.0 Å². The van der Waals surface area contributed by atoms with Gasteiger partial charge in [0, 0.05) is 0 Å². The summed E-state index contributed by atoms with van der Waals surface area (Å²) < 4.78 is 32.5. The van der Waals surface area contributed by atoms with Crippen LogP contribution < -0.4 is 10.1 Å². The lowest BCUT2D eigenvalue weighted by Crippen LogP contribution is -2.28. The van der Waals surface area contributed by atoms with E-state index >= 15 is 0 Å². The Kier molecular flexibility index (Phi) is 4.75. The van der Waals surface area contributed by atoms with Crippen LogP contribution in [0.3, 0.4) is 0 Å². The van der Waals surface area contributed by atoms with Gasteiger partial charge in [-0.1, -0.05) is 0 Å². The molecule has 1 fully saturated rings. The minimum absolute atomic E-state index is 0.267. The van der Waals surface area contributed by atoms with Crippen molar-refractivity contribution in [1.82, 2.24) is 5.32 Å². The number of hydrogen-bond donors (Lipinski definition) is 1. The third kappa shape index (κ3) is 3.44. The van der Waals surface area contributed by atoms with Gasteiger partial charge in [0.25, 0.3) is 0 Å². The van der Waals surface area contributed by atoms with Crippen molar-refractivity contribution in [3.05, 3.63) is 29.1 Å². The predicted octanol–water partition coefficient (Wildman–Crippen LogP) is 3.41. The van der Waals surface area contributed by atoms with Crippen molar-refractivity contribution in [2.24, 2.45) is 5.92 Å². The molecule has 1 N–H and O–H groups in total. The quantitative estimate of drug-likeness (QED) is 0.904. The Bertz CT molecular complexity index is 428. The second-order valence-electron chi connectivity index (χ2n) is 5.21. The topological polar surface area (TPSA) is 21.3 Å². The number of methoxy groups -OCH3 is 1. The zero-order valence-electron chi connectivity index (χ0n) is 11.5. The summed E-state index contributed by atoms with van der Waals surface area (Å²) in [4.78, 5) is 0. The Balaban J connectivity index is 2.25. The molecular weight excluding hydrogens is 248 g/mol. The maximum atomic E-state index is 13.9. The summed E-state index contributed by atoms with van der Waals surface area (Å²) in [5.41, 5.74) is 1.18. The summed E-state index contributed by atoms with van der Waals surface area (Å²) in [6, 6.07) is 2.98. The zero-order valence-corrected chi connectivity index (χ0v) is 11.5. The second kappa shape index (κ2) is 6.33. The van der Waals surface area contributed by atoms with Crippen LogP contribution in [-0.4, -0.2) is 20.2 Å². The lowest BCUT2D eigenvalue weighted by Gasteiger charge is -2.24. The van der Waals surface area contributed by atoms with Crippen molar-refractivity contribution in [3.63, 3.8) is 0 Å². The highest BCUT2D eigenvalue weighted by molar-refractivity contribution is 5.40. The smallest absolute Gasteiger partial charge is 0.165 e. The largest absolute Gasteiger partial charge is 0.493 e. The van der Waals surface area contributed by atoms with Crippen molar-refractivity contribution >= 4 is 0 Å². The highest BCUT2D eigenvalue weighted by Crippen LogP contribution is 2.31. The zero-order chi connectivity index (χ0) is 13.8. The second-order valence-corrected chi connectivity index (χ2v) is 5.21. The molecule has 19 heavy (non-hydrogen) atoms. The van der Waals surface area contributed by atoms with E-state index in [-0.39, 0.29) is 5.75 Å². The van der Waals surface area contributed by atoms with Crippen LogP contribution >= 0.6 is 0 Å². The summed E-state index contributed by atoms with van der Waals surface area (Å²) in [6.45, 7) is 3.42.